The molecule has 0 aliphatic heterocycles. The normalized spacial score (nSPS) is 6.00. The van der Waals surface area contributed by atoms with Gasteiger partial charge in [0, 0.05) is 0 Å². The maximum Gasteiger partial charge on any atom is 1.00 e. The van der Waals surface area contributed by atoms with Gasteiger partial charge in [0.1, 0.15) is 0 Å². The number of hydrogen-bond acceptors (Lipinski definition) is 10. The number of nitrogens with zero attached hydrogens (tertiary/aromatic N) is 2. The molecule has 0 radical (unpaired) electrons. The van der Waals surface area contributed by atoms with Gasteiger partial charge >= 0.3 is 59.1 Å². The molecule has 76 valence electrons. The van der Waals surface area contributed by atoms with Gasteiger partial charge in [-0.15, -0.1) is 8.80 Å². The van der Waals surface area contributed by atoms with Gasteiger partial charge in [-0.25, -0.2) is 9.59 Å². The van der Waals surface area contributed by atoms with Crippen molar-refractivity contribution in [3.8, 4) is 0 Å². The summed E-state index contributed by atoms with van der Waals surface area (Å²) in [5, 5.41) is 17.9. The zero-order valence-corrected chi connectivity index (χ0v) is 13.8. The predicted molar refractivity (Wildman–Crippen MR) is 41.4 cm³/mol. The number of isocyanates is 2. The Morgan fingerprint density at radius 2 is 1.12 bits per heavy atom. The van der Waals surface area contributed by atoms with Crippen LogP contribution in [0.5, 0.6) is 0 Å². The molecule has 0 spiro atoms. The van der Waals surface area contributed by atoms with Crippen LogP contribution in [0.15, 0.2) is 8.80 Å². The summed E-state index contributed by atoms with van der Waals surface area (Å²) < 4.78 is 6.02. The van der Waals surface area contributed by atoms with E-state index >= 15 is 0 Å². The Morgan fingerprint density at radius 1 is 0.875 bits per heavy atom. The van der Waals surface area contributed by atoms with Crippen molar-refractivity contribution in [3.05, 3.63) is 0 Å². The van der Waals surface area contributed by atoms with E-state index in [2.05, 4.69) is 8.80 Å². The number of aliphatic carboxylic acids is 2. The van der Waals surface area contributed by atoms with Gasteiger partial charge in [-0.3, -0.25) is 0 Å². The standard InChI is InChI=1S/C2N2O2S2.C2H2O4.2Na/c5-1-3-7-8-4-2-6;3-1(4)2(5)6;;/h;(H,3,4)(H,5,6);;/q;;2*+1/p-2. The Kier molecular flexibility index (Phi) is 32.8. The number of hydrogen-bond donors (Lipinski definition) is 0. The van der Waals surface area contributed by atoms with Crippen molar-refractivity contribution in [2.24, 2.45) is 8.80 Å². The monoisotopic (exact) mass is 282 g/mol. The SMILES string of the molecule is O=C([O-])C(=O)[O-].O=C=NSSN=C=O.[Na+].[Na+]. The van der Waals surface area contributed by atoms with E-state index in [9.17, 15) is 9.59 Å². The zero-order valence-electron chi connectivity index (χ0n) is 8.16. The number of carboxylic acids is 2. The maximum atomic E-state index is 9.30. The largest absolute Gasteiger partial charge is 1.00 e. The smallest absolute Gasteiger partial charge is 0.543 e. The van der Waals surface area contributed by atoms with Gasteiger partial charge in [0.05, 0.1) is 33.9 Å². The van der Waals surface area contributed by atoms with Crippen LogP contribution in [0, 0.1) is 0 Å². The van der Waals surface area contributed by atoms with Crippen molar-refractivity contribution >= 4 is 46.1 Å². The molecule has 0 aliphatic rings. The summed E-state index contributed by atoms with van der Waals surface area (Å²) in [4.78, 5) is 36.5. The van der Waals surface area contributed by atoms with Gasteiger partial charge in [-0.2, -0.15) is 0 Å². The summed E-state index contributed by atoms with van der Waals surface area (Å²) in [7, 11) is 1.53. The zero-order chi connectivity index (χ0) is 11.4. The molecule has 0 bridgehead atoms. The number of carboxylic acid groups (broad SMARTS) is 2. The average molecular weight is 282 g/mol. The minimum atomic E-state index is -2.19. The fourth-order valence-corrected chi connectivity index (χ4v) is 0.574. The van der Waals surface area contributed by atoms with Crippen molar-refractivity contribution in [3.63, 3.8) is 0 Å². The Balaban J connectivity index is -0.0000000825. The van der Waals surface area contributed by atoms with E-state index in [1.54, 1.807) is 0 Å². The maximum absolute atomic E-state index is 9.30. The van der Waals surface area contributed by atoms with E-state index in [4.69, 9.17) is 19.8 Å². The molecule has 0 aromatic heterocycles. The Morgan fingerprint density at radius 3 is 1.25 bits per heavy atom. The summed E-state index contributed by atoms with van der Waals surface area (Å²) in [6.07, 6.45) is 2.51. The Hall–Kier alpha value is 0.400. The quantitative estimate of drug-likeness (QED) is 0.0945. The van der Waals surface area contributed by atoms with Crippen LogP contribution in [0.1, 0.15) is 0 Å². The number of carbonyl (C=O) groups excluding carboxylic acids is 4. The molecule has 12 heteroatoms. The van der Waals surface area contributed by atoms with Crippen LogP contribution in [0.25, 0.3) is 0 Å². The van der Waals surface area contributed by atoms with Crippen LogP contribution in [0.3, 0.4) is 0 Å². The molecule has 0 rings (SSSR count). The molecule has 0 N–H and O–H groups in total. The van der Waals surface area contributed by atoms with Gasteiger partial charge < -0.3 is 19.8 Å². The van der Waals surface area contributed by atoms with Crippen LogP contribution in [0.2, 0.25) is 0 Å². The molecule has 0 unspecified atom stereocenters. The van der Waals surface area contributed by atoms with E-state index in [-0.39, 0.29) is 59.1 Å². The molecule has 0 amide bonds. The first-order chi connectivity index (χ1) is 6.56. The molecule has 0 aromatic carbocycles. The van der Waals surface area contributed by atoms with Crippen molar-refractivity contribution < 1.29 is 88.5 Å². The minimum Gasteiger partial charge on any atom is -0.543 e. The first-order valence-electron chi connectivity index (χ1n) is 2.45. The topological polar surface area (TPSA) is 139 Å². The third-order valence-corrected chi connectivity index (χ3v) is 1.36. The third-order valence-electron chi connectivity index (χ3n) is 0.349. The second kappa shape index (κ2) is 20.8. The van der Waals surface area contributed by atoms with Crippen molar-refractivity contribution in [2.75, 3.05) is 0 Å². The molecule has 0 saturated carbocycles. The summed E-state index contributed by atoms with van der Waals surface area (Å²) >= 11 is 0. The molecule has 0 aliphatic carbocycles. The molecule has 0 heterocycles. The van der Waals surface area contributed by atoms with Crippen LogP contribution in [-0.2, 0) is 19.2 Å². The third kappa shape index (κ3) is 29.3. The predicted octanol–water partition coefficient (Wildman–Crippen LogP) is -8.64. The van der Waals surface area contributed by atoms with Gasteiger partial charge in [-0.1, -0.05) is 0 Å². The summed E-state index contributed by atoms with van der Waals surface area (Å²) in [5.74, 6) is -4.37. The van der Waals surface area contributed by atoms with Gasteiger partial charge in [-0.05, 0) is 0 Å². The molecular weight excluding hydrogens is 282 g/mol. The van der Waals surface area contributed by atoms with Crippen LogP contribution in [0.4, 0.5) is 0 Å². The van der Waals surface area contributed by atoms with Gasteiger partial charge in [0.2, 0.25) is 12.2 Å². The van der Waals surface area contributed by atoms with E-state index in [1.165, 1.54) is 12.2 Å². The van der Waals surface area contributed by atoms with Crippen molar-refractivity contribution in [1.29, 1.82) is 0 Å². The summed E-state index contributed by atoms with van der Waals surface area (Å²) in [6, 6.07) is 0. The molecule has 8 nitrogen and oxygen atoms in total. The van der Waals surface area contributed by atoms with E-state index in [1.807, 2.05) is 0 Å². The molecular formula is C4N2Na2O6S2. The van der Waals surface area contributed by atoms with E-state index < -0.39 is 11.9 Å². The number of rotatable bonds is 3. The molecule has 0 atom stereocenters. The van der Waals surface area contributed by atoms with Crippen molar-refractivity contribution in [1.82, 2.24) is 0 Å². The second-order valence-electron chi connectivity index (χ2n) is 1.09. The Labute approximate surface area is 142 Å². The van der Waals surface area contributed by atoms with E-state index in [0.717, 1.165) is 22.0 Å². The molecule has 16 heavy (non-hydrogen) atoms. The average Bonchev–Trinajstić information content (AvgIpc) is 2.13. The first kappa shape index (κ1) is 25.3. The fraction of sp³-hybridized carbons (Fsp3) is 0. The molecule has 0 fully saturated rings. The van der Waals surface area contributed by atoms with E-state index in [0.29, 0.717) is 0 Å². The first-order valence-corrected chi connectivity index (χ1v) is 4.52. The van der Waals surface area contributed by atoms with Gasteiger partial charge in [0.25, 0.3) is 0 Å². The van der Waals surface area contributed by atoms with Crippen LogP contribution in [-0.4, -0.2) is 24.1 Å². The fourth-order valence-electron chi connectivity index (χ4n) is 0.0638. The molecule has 0 saturated heterocycles. The summed E-state index contributed by atoms with van der Waals surface area (Å²) in [5.41, 5.74) is 0. The Bertz CT molecular complexity index is 271. The molecule has 0 aromatic rings. The van der Waals surface area contributed by atoms with Gasteiger partial charge in [0.15, 0.2) is 0 Å². The van der Waals surface area contributed by atoms with Crippen LogP contribution >= 0.6 is 22.0 Å². The number of carbonyl (C=O) groups is 2. The van der Waals surface area contributed by atoms with Crippen LogP contribution < -0.4 is 69.3 Å². The summed E-state index contributed by atoms with van der Waals surface area (Å²) in [6.45, 7) is 0. The minimum absolute atomic E-state index is 0. The van der Waals surface area contributed by atoms with Crippen molar-refractivity contribution in [2.45, 2.75) is 0 Å². The second-order valence-corrected chi connectivity index (χ2v) is 2.65.